The summed E-state index contributed by atoms with van der Waals surface area (Å²) < 4.78 is 11.8. The van der Waals surface area contributed by atoms with Crippen molar-refractivity contribution in [2.24, 2.45) is 17.3 Å². The minimum atomic E-state index is 0.326. The Labute approximate surface area is 112 Å². The van der Waals surface area contributed by atoms with Crippen LogP contribution >= 0.6 is 0 Å². The average molecular weight is 255 g/mol. The highest BCUT2D eigenvalue weighted by Crippen LogP contribution is 2.49. The van der Waals surface area contributed by atoms with Crippen molar-refractivity contribution < 1.29 is 9.47 Å². The molecule has 0 aromatic carbocycles. The van der Waals surface area contributed by atoms with Gasteiger partial charge in [0.15, 0.2) is 0 Å². The van der Waals surface area contributed by atoms with E-state index in [1.165, 1.54) is 19.3 Å². The van der Waals surface area contributed by atoms with E-state index in [4.69, 9.17) is 9.47 Å². The fourth-order valence-electron chi connectivity index (χ4n) is 3.23. The highest BCUT2D eigenvalue weighted by Gasteiger charge is 2.50. The molecular weight excluding hydrogens is 226 g/mol. The van der Waals surface area contributed by atoms with Gasteiger partial charge in [0.25, 0.3) is 0 Å². The van der Waals surface area contributed by atoms with Gasteiger partial charge in [-0.2, -0.15) is 0 Å². The number of ether oxygens (including phenoxy) is 2. The molecule has 3 heteroatoms. The number of hydrogen-bond acceptors (Lipinski definition) is 3. The Hall–Kier alpha value is -0.120. The van der Waals surface area contributed by atoms with Crippen LogP contribution in [-0.2, 0) is 9.47 Å². The summed E-state index contributed by atoms with van der Waals surface area (Å²) in [7, 11) is 2.05. The summed E-state index contributed by atoms with van der Waals surface area (Å²) in [5.74, 6) is 1.45. The minimum absolute atomic E-state index is 0.326. The molecular formula is C15H29NO2. The molecule has 2 fully saturated rings. The molecule has 0 spiro atoms. The first-order chi connectivity index (χ1) is 8.68. The largest absolute Gasteiger partial charge is 0.381 e. The van der Waals surface area contributed by atoms with Crippen LogP contribution in [0.15, 0.2) is 0 Å². The topological polar surface area (TPSA) is 30.5 Å². The summed E-state index contributed by atoms with van der Waals surface area (Å²) in [5, 5.41) is 3.38. The maximum absolute atomic E-state index is 6.03. The van der Waals surface area contributed by atoms with E-state index in [1.807, 2.05) is 0 Å². The molecule has 1 saturated carbocycles. The van der Waals surface area contributed by atoms with Crippen molar-refractivity contribution in [3.8, 4) is 0 Å². The maximum Gasteiger partial charge on any atom is 0.0673 e. The normalized spacial score (nSPS) is 32.3. The van der Waals surface area contributed by atoms with Gasteiger partial charge in [-0.15, -0.1) is 0 Å². The van der Waals surface area contributed by atoms with Gasteiger partial charge in [-0.05, 0) is 44.6 Å². The van der Waals surface area contributed by atoms with Crippen LogP contribution < -0.4 is 5.32 Å². The van der Waals surface area contributed by atoms with Crippen LogP contribution in [-0.4, -0.2) is 39.5 Å². The summed E-state index contributed by atoms with van der Waals surface area (Å²) in [4.78, 5) is 0. The van der Waals surface area contributed by atoms with Crippen LogP contribution in [0.2, 0.25) is 0 Å². The Bertz CT molecular complexity index is 253. The van der Waals surface area contributed by atoms with Gasteiger partial charge in [0.1, 0.15) is 0 Å². The third-order valence-corrected chi connectivity index (χ3v) is 4.28. The molecule has 18 heavy (non-hydrogen) atoms. The second-order valence-electron chi connectivity index (χ2n) is 6.49. The monoisotopic (exact) mass is 255 g/mol. The predicted octanol–water partition coefficient (Wildman–Crippen LogP) is 2.45. The Morgan fingerprint density at radius 1 is 1.39 bits per heavy atom. The summed E-state index contributed by atoms with van der Waals surface area (Å²) in [6, 6.07) is 0. The molecule has 1 saturated heterocycles. The van der Waals surface area contributed by atoms with Gasteiger partial charge in [0.05, 0.1) is 6.10 Å². The zero-order valence-electron chi connectivity index (χ0n) is 12.2. The third kappa shape index (κ3) is 3.46. The van der Waals surface area contributed by atoms with E-state index in [1.54, 1.807) is 0 Å². The van der Waals surface area contributed by atoms with Crippen LogP contribution in [0.4, 0.5) is 0 Å². The summed E-state index contributed by atoms with van der Waals surface area (Å²) in [5.41, 5.74) is 0.326. The van der Waals surface area contributed by atoms with E-state index in [0.29, 0.717) is 17.4 Å². The number of nitrogens with one attached hydrogen (secondary N) is 1. The molecule has 106 valence electrons. The Morgan fingerprint density at radius 3 is 2.78 bits per heavy atom. The molecule has 3 nitrogen and oxygen atoms in total. The highest BCUT2D eigenvalue weighted by molar-refractivity contribution is 5.00. The van der Waals surface area contributed by atoms with E-state index in [9.17, 15) is 0 Å². The van der Waals surface area contributed by atoms with Gasteiger partial charge in [-0.1, -0.05) is 13.8 Å². The Morgan fingerprint density at radius 2 is 2.17 bits per heavy atom. The quantitative estimate of drug-likeness (QED) is 0.676. The smallest absolute Gasteiger partial charge is 0.0673 e. The van der Waals surface area contributed by atoms with Gasteiger partial charge in [0.2, 0.25) is 0 Å². The first-order valence-corrected chi connectivity index (χ1v) is 7.52. The van der Waals surface area contributed by atoms with Gasteiger partial charge in [-0.3, -0.25) is 0 Å². The summed E-state index contributed by atoms with van der Waals surface area (Å²) >= 11 is 0. The molecule has 1 aliphatic carbocycles. The van der Waals surface area contributed by atoms with Crippen LogP contribution in [0.1, 0.15) is 39.5 Å². The lowest BCUT2D eigenvalue weighted by Gasteiger charge is -2.34. The third-order valence-electron chi connectivity index (χ3n) is 4.28. The van der Waals surface area contributed by atoms with Crippen molar-refractivity contribution >= 4 is 0 Å². The van der Waals surface area contributed by atoms with Crippen molar-refractivity contribution in [3.63, 3.8) is 0 Å². The molecule has 2 aliphatic rings. The number of rotatable bonds is 8. The molecule has 1 aliphatic heterocycles. The predicted molar refractivity (Wildman–Crippen MR) is 73.7 cm³/mol. The molecule has 2 atom stereocenters. The SMILES string of the molecule is CNCC1(CCOCC(C)C)CCOC1C1CC1. The lowest BCUT2D eigenvalue weighted by Crippen LogP contribution is -2.41. The van der Waals surface area contributed by atoms with E-state index < -0.39 is 0 Å². The van der Waals surface area contributed by atoms with Gasteiger partial charge < -0.3 is 14.8 Å². The lowest BCUT2D eigenvalue weighted by atomic mass is 9.76. The van der Waals surface area contributed by atoms with Gasteiger partial charge in [0, 0.05) is 31.8 Å². The molecule has 0 radical (unpaired) electrons. The maximum atomic E-state index is 6.03. The molecule has 0 aromatic rings. The van der Waals surface area contributed by atoms with E-state index in [-0.39, 0.29) is 0 Å². The van der Waals surface area contributed by atoms with Crippen molar-refractivity contribution in [3.05, 3.63) is 0 Å². The van der Waals surface area contributed by atoms with Crippen molar-refractivity contribution in [2.75, 3.05) is 33.4 Å². The fourth-order valence-corrected chi connectivity index (χ4v) is 3.23. The van der Waals surface area contributed by atoms with Gasteiger partial charge >= 0.3 is 0 Å². The molecule has 1 N–H and O–H groups in total. The first kappa shape index (κ1) is 14.3. The molecule has 2 unspecified atom stereocenters. The van der Waals surface area contributed by atoms with Crippen molar-refractivity contribution in [1.29, 1.82) is 0 Å². The highest BCUT2D eigenvalue weighted by atomic mass is 16.5. The summed E-state index contributed by atoms with van der Waals surface area (Å²) in [6.07, 6.45) is 5.54. The minimum Gasteiger partial charge on any atom is -0.381 e. The second kappa shape index (κ2) is 6.36. The zero-order valence-corrected chi connectivity index (χ0v) is 12.2. The zero-order chi connectivity index (χ0) is 13.0. The second-order valence-corrected chi connectivity index (χ2v) is 6.49. The number of hydrogen-bond donors (Lipinski definition) is 1. The Kier molecular flexibility index (Phi) is 5.05. The van der Waals surface area contributed by atoms with Crippen LogP contribution in [0, 0.1) is 17.3 Å². The Balaban J connectivity index is 1.85. The van der Waals surface area contributed by atoms with E-state index in [2.05, 4.69) is 26.2 Å². The standard InChI is InChI=1S/C15H29NO2/c1-12(2)10-17-8-6-15(11-16-3)7-9-18-14(15)13-4-5-13/h12-14,16H,4-11H2,1-3H3. The van der Waals surface area contributed by atoms with E-state index in [0.717, 1.165) is 38.7 Å². The van der Waals surface area contributed by atoms with Crippen molar-refractivity contribution in [1.82, 2.24) is 5.32 Å². The van der Waals surface area contributed by atoms with Crippen LogP contribution in [0.25, 0.3) is 0 Å². The summed E-state index contributed by atoms with van der Waals surface area (Å²) in [6.45, 7) is 8.17. The molecule has 0 amide bonds. The van der Waals surface area contributed by atoms with Crippen molar-refractivity contribution in [2.45, 2.75) is 45.6 Å². The molecule has 1 heterocycles. The molecule has 2 rings (SSSR count). The fraction of sp³-hybridized carbons (Fsp3) is 1.00. The van der Waals surface area contributed by atoms with Gasteiger partial charge in [-0.25, -0.2) is 0 Å². The molecule has 0 bridgehead atoms. The lowest BCUT2D eigenvalue weighted by molar-refractivity contribution is 0.00644. The van der Waals surface area contributed by atoms with Crippen LogP contribution in [0.5, 0.6) is 0 Å². The average Bonchev–Trinajstić information content (AvgIpc) is 3.08. The molecule has 0 aromatic heterocycles. The first-order valence-electron chi connectivity index (χ1n) is 7.52. The van der Waals surface area contributed by atoms with Crippen LogP contribution in [0.3, 0.4) is 0 Å². The van der Waals surface area contributed by atoms with E-state index >= 15 is 0 Å².